The maximum absolute atomic E-state index is 13.2. The highest BCUT2D eigenvalue weighted by Crippen LogP contribution is 2.33. The number of amides is 1. The maximum Gasteiger partial charge on any atom is 0.243 e. The van der Waals surface area contributed by atoms with Crippen LogP contribution in [0.2, 0.25) is 0 Å². The number of piperazine rings is 1. The van der Waals surface area contributed by atoms with E-state index in [0.29, 0.717) is 31.1 Å². The molecule has 144 valence electrons. The predicted molar refractivity (Wildman–Crippen MR) is 103 cm³/mol. The molecule has 1 aromatic rings. The highest BCUT2D eigenvalue weighted by atomic mass is 32.2. The Bertz CT molecular complexity index is 789. The van der Waals surface area contributed by atoms with Crippen LogP contribution in [0.1, 0.15) is 50.3 Å². The molecule has 26 heavy (non-hydrogen) atoms. The topological polar surface area (TPSA) is 57.7 Å². The standard InChI is InChI=1S/C20H30N2O3S/c1-14-12-17(20(3,4)5)13-15(2)18(14)26(24,25)22-10-8-21(9-11-22)19(23)16-6-7-16/h12-13,16H,6-11H2,1-5H3. The van der Waals surface area contributed by atoms with Gasteiger partial charge < -0.3 is 4.90 Å². The van der Waals surface area contributed by atoms with Gasteiger partial charge in [0.2, 0.25) is 15.9 Å². The Kier molecular flexibility index (Phi) is 4.95. The van der Waals surface area contributed by atoms with E-state index in [4.69, 9.17) is 0 Å². The predicted octanol–water partition coefficient (Wildman–Crippen LogP) is 2.84. The molecule has 0 bridgehead atoms. The smallest absolute Gasteiger partial charge is 0.243 e. The molecule has 3 rings (SSSR count). The lowest BCUT2D eigenvalue weighted by Gasteiger charge is -2.35. The molecule has 2 aliphatic rings. The van der Waals surface area contributed by atoms with Crippen LogP contribution in [-0.4, -0.2) is 49.7 Å². The minimum atomic E-state index is -3.54. The van der Waals surface area contributed by atoms with Crippen molar-refractivity contribution in [3.05, 3.63) is 28.8 Å². The van der Waals surface area contributed by atoms with Crippen molar-refractivity contribution in [1.29, 1.82) is 0 Å². The third-order valence-electron chi connectivity index (χ3n) is 5.40. The second-order valence-corrected chi connectivity index (χ2v) is 10.6. The van der Waals surface area contributed by atoms with Crippen LogP contribution in [0.15, 0.2) is 17.0 Å². The minimum absolute atomic E-state index is 0.0212. The Morgan fingerprint density at radius 1 is 1.00 bits per heavy atom. The molecule has 2 fully saturated rings. The van der Waals surface area contributed by atoms with Gasteiger partial charge in [-0.3, -0.25) is 4.79 Å². The fourth-order valence-corrected chi connectivity index (χ4v) is 5.49. The van der Waals surface area contributed by atoms with Gasteiger partial charge in [-0.15, -0.1) is 0 Å². The van der Waals surface area contributed by atoms with E-state index in [1.807, 2.05) is 30.9 Å². The van der Waals surface area contributed by atoms with Gasteiger partial charge in [0, 0.05) is 32.1 Å². The lowest BCUT2D eigenvalue weighted by molar-refractivity contribution is -0.133. The largest absolute Gasteiger partial charge is 0.340 e. The van der Waals surface area contributed by atoms with Crippen LogP contribution in [0.3, 0.4) is 0 Å². The molecule has 1 aliphatic carbocycles. The average molecular weight is 379 g/mol. The van der Waals surface area contributed by atoms with Crippen molar-refractivity contribution >= 4 is 15.9 Å². The minimum Gasteiger partial charge on any atom is -0.340 e. The van der Waals surface area contributed by atoms with E-state index < -0.39 is 10.0 Å². The number of aryl methyl sites for hydroxylation is 2. The third kappa shape index (κ3) is 3.67. The summed E-state index contributed by atoms with van der Waals surface area (Å²) in [5.41, 5.74) is 2.72. The summed E-state index contributed by atoms with van der Waals surface area (Å²) in [5.74, 6) is 0.386. The molecule has 1 saturated carbocycles. The van der Waals surface area contributed by atoms with Crippen molar-refractivity contribution < 1.29 is 13.2 Å². The highest BCUT2D eigenvalue weighted by Gasteiger charge is 2.37. The number of rotatable bonds is 3. The van der Waals surface area contributed by atoms with Gasteiger partial charge in [-0.2, -0.15) is 4.31 Å². The molecule has 0 aromatic heterocycles. The fraction of sp³-hybridized carbons (Fsp3) is 0.650. The van der Waals surface area contributed by atoms with Gasteiger partial charge in [-0.05, 0) is 48.8 Å². The second-order valence-electron chi connectivity index (χ2n) is 8.69. The molecule has 1 saturated heterocycles. The molecule has 1 amide bonds. The number of hydrogen-bond donors (Lipinski definition) is 0. The summed E-state index contributed by atoms with van der Waals surface area (Å²) in [4.78, 5) is 14.4. The first-order valence-corrected chi connectivity index (χ1v) is 10.9. The van der Waals surface area contributed by atoms with E-state index in [0.717, 1.165) is 29.5 Å². The summed E-state index contributed by atoms with van der Waals surface area (Å²) in [5, 5.41) is 0. The quantitative estimate of drug-likeness (QED) is 0.813. The van der Waals surface area contributed by atoms with Gasteiger partial charge in [-0.25, -0.2) is 8.42 Å². The Morgan fingerprint density at radius 2 is 1.50 bits per heavy atom. The van der Waals surface area contributed by atoms with E-state index in [1.54, 1.807) is 0 Å². The zero-order valence-corrected chi connectivity index (χ0v) is 17.3. The number of sulfonamides is 1. The molecule has 0 atom stereocenters. The van der Waals surface area contributed by atoms with Crippen molar-refractivity contribution in [2.75, 3.05) is 26.2 Å². The van der Waals surface area contributed by atoms with E-state index in [2.05, 4.69) is 20.8 Å². The molecule has 6 heteroatoms. The van der Waals surface area contributed by atoms with Crippen LogP contribution in [0.5, 0.6) is 0 Å². The molecule has 5 nitrogen and oxygen atoms in total. The lowest BCUT2D eigenvalue weighted by Crippen LogP contribution is -2.51. The molecular formula is C20H30N2O3S. The Balaban J connectivity index is 1.81. The summed E-state index contributed by atoms with van der Waals surface area (Å²) in [6.45, 7) is 11.9. The number of benzene rings is 1. The van der Waals surface area contributed by atoms with Crippen LogP contribution in [0.4, 0.5) is 0 Å². The first kappa shape index (κ1) is 19.4. The van der Waals surface area contributed by atoms with Gasteiger partial charge in [0.25, 0.3) is 0 Å². The lowest BCUT2D eigenvalue weighted by atomic mass is 9.85. The van der Waals surface area contributed by atoms with Gasteiger partial charge in [-0.1, -0.05) is 32.9 Å². The molecule has 0 radical (unpaired) electrons. The van der Waals surface area contributed by atoms with Crippen molar-refractivity contribution in [2.45, 2.75) is 57.8 Å². The number of hydrogen-bond acceptors (Lipinski definition) is 3. The van der Waals surface area contributed by atoms with Crippen molar-refractivity contribution in [3.63, 3.8) is 0 Å². The number of nitrogens with zero attached hydrogens (tertiary/aromatic N) is 2. The zero-order valence-electron chi connectivity index (χ0n) is 16.5. The molecule has 1 aromatic carbocycles. The normalized spacial score (nSPS) is 19.7. The van der Waals surface area contributed by atoms with E-state index in [1.165, 1.54) is 4.31 Å². The first-order valence-electron chi connectivity index (χ1n) is 9.42. The third-order valence-corrected chi connectivity index (χ3v) is 7.61. The van der Waals surface area contributed by atoms with Crippen molar-refractivity contribution in [1.82, 2.24) is 9.21 Å². The van der Waals surface area contributed by atoms with Gasteiger partial charge in [0.05, 0.1) is 4.90 Å². The summed E-state index contributed by atoms with van der Waals surface area (Å²) in [7, 11) is -3.54. The summed E-state index contributed by atoms with van der Waals surface area (Å²) in [6, 6.07) is 3.99. The fourth-order valence-electron chi connectivity index (χ4n) is 3.66. The van der Waals surface area contributed by atoms with Crippen molar-refractivity contribution in [2.24, 2.45) is 5.92 Å². The molecule has 1 aliphatic heterocycles. The SMILES string of the molecule is Cc1cc(C(C)(C)C)cc(C)c1S(=O)(=O)N1CCN(C(=O)C2CC2)CC1. The van der Waals surface area contributed by atoms with Crippen LogP contribution >= 0.6 is 0 Å². The van der Waals surface area contributed by atoms with Gasteiger partial charge >= 0.3 is 0 Å². The summed E-state index contributed by atoms with van der Waals surface area (Å²) in [6.07, 6.45) is 1.96. The van der Waals surface area contributed by atoms with Crippen LogP contribution in [0, 0.1) is 19.8 Å². The molecule has 0 N–H and O–H groups in total. The van der Waals surface area contributed by atoms with E-state index >= 15 is 0 Å². The molecule has 1 heterocycles. The Hall–Kier alpha value is -1.40. The van der Waals surface area contributed by atoms with Crippen molar-refractivity contribution in [3.8, 4) is 0 Å². The summed E-state index contributed by atoms with van der Waals surface area (Å²) < 4.78 is 28.0. The molecule has 0 unspecified atom stereocenters. The summed E-state index contributed by atoms with van der Waals surface area (Å²) >= 11 is 0. The van der Waals surface area contributed by atoms with Crippen LogP contribution in [0.25, 0.3) is 0 Å². The van der Waals surface area contributed by atoms with E-state index in [9.17, 15) is 13.2 Å². The number of carbonyl (C=O) groups excluding carboxylic acids is 1. The van der Waals surface area contributed by atoms with Gasteiger partial charge in [0.15, 0.2) is 0 Å². The molecular weight excluding hydrogens is 348 g/mol. The van der Waals surface area contributed by atoms with E-state index in [-0.39, 0.29) is 17.2 Å². The van der Waals surface area contributed by atoms with Gasteiger partial charge in [0.1, 0.15) is 0 Å². The Labute approximate surface area is 157 Å². The molecule has 0 spiro atoms. The van der Waals surface area contributed by atoms with Crippen LogP contribution in [-0.2, 0) is 20.2 Å². The highest BCUT2D eigenvalue weighted by molar-refractivity contribution is 7.89. The monoisotopic (exact) mass is 378 g/mol. The Morgan fingerprint density at radius 3 is 1.92 bits per heavy atom. The first-order chi connectivity index (χ1) is 12.0. The average Bonchev–Trinajstić information content (AvgIpc) is 3.37. The van der Waals surface area contributed by atoms with Crippen LogP contribution < -0.4 is 0 Å². The second kappa shape index (κ2) is 6.64. The maximum atomic E-state index is 13.2. The number of carbonyl (C=O) groups is 1. The zero-order chi connectivity index (χ0) is 19.3.